The van der Waals surface area contributed by atoms with E-state index in [4.69, 9.17) is 16.3 Å². The highest BCUT2D eigenvalue weighted by atomic mass is 35.5. The lowest BCUT2D eigenvalue weighted by molar-refractivity contribution is 0.412. The number of aromatic nitrogens is 2. The van der Waals surface area contributed by atoms with Gasteiger partial charge < -0.3 is 9.72 Å². The number of rotatable bonds is 2. The summed E-state index contributed by atoms with van der Waals surface area (Å²) in [5.74, 6) is 1.29. The van der Waals surface area contributed by atoms with Crippen LogP contribution in [0.25, 0.3) is 11.0 Å². The molecule has 1 aromatic heterocycles. The molecule has 1 heterocycles. The molecule has 4 heteroatoms. The molecule has 14 heavy (non-hydrogen) atoms. The standard InChI is InChI=1S/C10H11ClN2O/c1-6-7(4-11)10-8(12-5-13-10)3-9(6)14-2/h3,5H,4H2,1-2H3,(H,12,13). The van der Waals surface area contributed by atoms with Crippen molar-refractivity contribution in [1.29, 1.82) is 0 Å². The maximum absolute atomic E-state index is 5.89. The fraction of sp³-hybridized carbons (Fsp3) is 0.300. The second-order valence-electron chi connectivity index (χ2n) is 3.11. The van der Waals surface area contributed by atoms with E-state index in [2.05, 4.69) is 9.97 Å². The van der Waals surface area contributed by atoms with Crippen LogP contribution in [0.15, 0.2) is 12.4 Å². The van der Waals surface area contributed by atoms with Crippen molar-refractivity contribution >= 4 is 22.6 Å². The first-order chi connectivity index (χ1) is 6.77. The average Bonchev–Trinajstić information content (AvgIpc) is 2.64. The molecule has 0 radical (unpaired) electrons. The van der Waals surface area contributed by atoms with Gasteiger partial charge in [-0.25, -0.2) is 4.98 Å². The summed E-state index contributed by atoms with van der Waals surface area (Å²) >= 11 is 5.89. The van der Waals surface area contributed by atoms with Crippen molar-refractivity contribution in [3.8, 4) is 5.75 Å². The number of imidazole rings is 1. The third-order valence-corrected chi connectivity index (χ3v) is 2.67. The molecule has 0 saturated heterocycles. The number of nitrogens with zero attached hydrogens (tertiary/aromatic N) is 1. The molecule has 0 aliphatic rings. The third-order valence-electron chi connectivity index (χ3n) is 2.41. The van der Waals surface area contributed by atoms with E-state index in [1.807, 2.05) is 13.0 Å². The first kappa shape index (κ1) is 9.34. The van der Waals surface area contributed by atoms with Crippen LogP contribution in [0.1, 0.15) is 11.1 Å². The van der Waals surface area contributed by atoms with Crippen LogP contribution in [-0.4, -0.2) is 17.1 Å². The summed E-state index contributed by atoms with van der Waals surface area (Å²) in [5, 5.41) is 0. The molecule has 0 saturated carbocycles. The van der Waals surface area contributed by atoms with Gasteiger partial charge in [0.2, 0.25) is 0 Å². The first-order valence-corrected chi connectivity index (χ1v) is 4.87. The van der Waals surface area contributed by atoms with E-state index in [1.54, 1.807) is 13.4 Å². The summed E-state index contributed by atoms with van der Waals surface area (Å²) in [6.07, 6.45) is 1.67. The molecule has 0 aliphatic heterocycles. The Hall–Kier alpha value is -1.22. The van der Waals surface area contributed by atoms with Gasteiger partial charge in [-0.05, 0) is 12.5 Å². The quantitative estimate of drug-likeness (QED) is 0.774. The van der Waals surface area contributed by atoms with Crippen LogP contribution >= 0.6 is 11.6 Å². The molecule has 0 spiro atoms. The van der Waals surface area contributed by atoms with E-state index in [-0.39, 0.29) is 0 Å². The number of nitrogens with one attached hydrogen (secondary N) is 1. The number of H-pyrrole nitrogens is 1. The topological polar surface area (TPSA) is 37.9 Å². The van der Waals surface area contributed by atoms with Gasteiger partial charge >= 0.3 is 0 Å². The van der Waals surface area contributed by atoms with E-state index in [0.29, 0.717) is 5.88 Å². The minimum atomic E-state index is 0.449. The molecule has 1 aromatic carbocycles. The average molecular weight is 211 g/mol. The summed E-state index contributed by atoms with van der Waals surface area (Å²) in [7, 11) is 1.66. The SMILES string of the molecule is COc1cc2[nH]cnc2c(CCl)c1C. The molecule has 3 nitrogen and oxygen atoms in total. The van der Waals surface area contributed by atoms with Gasteiger partial charge in [0.1, 0.15) is 5.75 Å². The molecule has 2 rings (SSSR count). The second kappa shape index (κ2) is 3.50. The van der Waals surface area contributed by atoms with Crippen molar-refractivity contribution in [3.63, 3.8) is 0 Å². The number of halogens is 1. The Morgan fingerprint density at radius 3 is 3.00 bits per heavy atom. The molecule has 0 aliphatic carbocycles. The third kappa shape index (κ3) is 1.24. The van der Waals surface area contributed by atoms with Crippen LogP contribution < -0.4 is 4.74 Å². The maximum atomic E-state index is 5.89. The highest BCUT2D eigenvalue weighted by Gasteiger charge is 2.11. The zero-order valence-electron chi connectivity index (χ0n) is 8.10. The molecule has 0 fully saturated rings. The molecule has 2 aromatic rings. The van der Waals surface area contributed by atoms with E-state index in [9.17, 15) is 0 Å². The number of fused-ring (bicyclic) bond motifs is 1. The Labute approximate surface area is 87.1 Å². The fourth-order valence-electron chi connectivity index (χ4n) is 1.60. The highest BCUT2D eigenvalue weighted by Crippen LogP contribution is 2.29. The first-order valence-electron chi connectivity index (χ1n) is 4.33. The van der Waals surface area contributed by atoms with Crippen molar-refractivity contribution in [2.75, 3.05) is 7.11 Å². The number of benzene rings is 1. The molecular formula is C10H11ClN2O. The lowest BCUT2D eigenvalue weighted by atomic mass is 10.1. The molecule has 0 atom stereocenters. The summed E-state index contributed by atoms with van der Waals surface area (Å²) in [6, 6.07) is 1.94. The number of alkyl halides is 1. The zero-order chi connectivity index (χ0) is 10.1. The summed E-state index contributed by atoms with van der Waals surface area (Å²) in [5.41, 5.74) is 3.98. The number of aromatic amines is 1. The van der Waals surface area contributed by atoms with Crippen LogP contribution in [0.5, 0.6) is 5.75 Å². The van der Waals surface area contributed by atoms with Crippen molar-refractivity contribution in [2.45, 2.75) is 12.8 Å². The fourth-order valence-corrected chi connectivity index (χ4v) is 1.92. The highest BCUT2D eigenvalue weighted by molar-refractivity contribution is 6.18. The number of hydrogen-bond donors (Lipinski definition) is 1. The van der Waals surface area contributed by atoms with Gasteiger partial charge in [-0.15, -0.1) is 11.6 Å². The minimum Gasteiger partial charge on any atom is -0.496 e. The van der Waals surface area contributed by atoms with Crippen molar-refractivity contribution in [2.24, 2.45) is 0 Å². The van der Waals surface area contributed by atoms with Gasteiger partial charge in [0.25, 0.3) is 0 Å². The van der Waals surface area contributed by atoms with Crippen LogP contribution in [0.2, 0.25) is 0 Å². The van der Waals surface area contributed by atoms with Gasteiger partial charge in [0, 0.05) is 17.5 Å². The van der Waals surface area contributed by atoms with Crippen LogP contribution in [0.4, 0.5) is 0 Å². The number of ether oxygens (including phenoxy) is 1. The maximum Gasteiger partial charge on any atom is 0.124 e. The summed E-state index contributed by atoms with van der Waals surface area (Å²) in [4.78, 5) is 7.28. The monoisotopic (exact) mass is 210 g/mol. The Kier molecular flexibility index (Phi) is 2.33. The Morgan fingerprint density at radius 1 is 1.57 bits per heavy atom. The van der Waals surface area contributed by atoms with E-state index in [1.165, 1.54) is 0 Å². The normalized spacial score (nSPS) is 10.8. The van der Waals surface area contributed by atoms with E-state index >= 15 is 0 Å². The zero-order valence-corrected chi connectivity index (χ0v) is 8.85. The molecule has 0 bridgehead atoms. The number of hydrogen-bond acceptors (Lipinski definition) is 2. The minimum absolute atomic E-state index is 0.449. The molecule has 0 amide bonds. The van der Waals surface area contributed by atoms with Gasteiger partial charge in [-0.1, -0.05) is 0 Å². The van der Waals surface area contributed by atoms with Gasteiger partial charge in [-0.3, -0.25) is 0 Å². The Balaban J connectivity index is 2.80. The lowest BCUT2D eigenvalue weighted by Gasteiger charge is -2.08. The summed E-state index contributed by atoms with van der Waals surface area (Å²) in [6.45, 7) is 1.99. The van der Waals surface area contributed by atoms with E-state index in [0.717, 1.165) is 27.9 Å². The summed E-state index contributed by atoms with van der Waals surface area (Å²) < 4.78 is 5.26. The molecule has 0 unspecified atom stereocenters. The van der Waals surface area contributed by atoms with Crippen LogP contribution in [0, 0.1) is 6.92 Å². The molecular weight excluding hydrogens is 200 g/mol. The van der Waals surface area contributed by atoms with E-state index < -0.39 is 0 Å². The smallest absolute Gasteiger partial charge is 0.124 e. The largest absolute Gasteiger partial charge is 0.496 e. The van der Waals surface area contributed by atoms with Gasteiger partial charge in [0.15, 0.2) is 0 Å². The van der Waals surface area contributed by atoms with Crippen LogP contribution in [0.3, 0.4) is 0 Å². The predicted molar refractivity (Wildman–Crippen MR) is 56.9 cm³/mol. The Bertz CT molecular complexity index is 464. The second-order valence-corrected chi connectivity index (χ2v) is 3.38. The number of methoxy groups -OCH3 is 1. The van der Waals surface area contributed by atoms with Crippen LogP contribution in [-0.2, 0) is 5.88 Å². The van der Waals surface area contributed by atoms with Gasteiger partial charge in [0.05, 0.1) is 24.5 Å². The predicted octanol–water partition coefficient (Wildman–Crippen LogP) is 2.62. The van der Waals surface area contributed by atoms with Gasteiger partial charge in [-0.2, -0.15) is 0 Å². The Morgan fingerprint density at radius 2 is 2.36 bits per heavy atom. The van der Waals surface area contributed by atoms with Crippen molar-refractivity contribution < 1.29 is 4.74 Å². The molecule has 1 N–H and O–H groups in total. The van der Waals surface area contributed by atoms with Crippen molar-refractivity contribution in [1.82, 2.24) is 9.97 Å². The van der Waals surface area contributed by atoms with Crippen molar-refractivity contribution in [3.05, 3.63) is 23.5 Å². The molecule has 74 valence electrons. The lowest BCUT2D eigenvalue weighted by Crippen LogP contribution is -1.93.